The van der Waals surface area contributed by atoms with E-state index in [2.05, 4.69) is 16.0 Å². The molecule has 1 fully saturated rings. The van der Waals surface area contributed by atoms with Crippen molar-refractivity contribution >= 4 is 58.8 Å². The van der Waals surface area contributed by atoms with Gasteiger partial charge in [-0.05, 0) is 37.5 Å². The first kappa shape index (κ1) is 32.0. The molecule has 1 aliphatic rings. The number of aliphatic hydroxyl groups excluding tert-OH is 1. The molecule has 0 spiro atoms. The molecule has 2 aromatic rings. The number of nitrogens with zero attached hydrogens (tertiary/aromatic N) is 1. The standard InChI is InChI=1S/C28H32Cl2N4O7/c1-16(31-25(37)19-13-20(29)24(21(30)14-19)32-17(2)36)27(39)34-11-6-9-23(34)26(38)33-22(10-12-35)28(40)41-15-18-7-4-3-5-8-18/h3-5,7-8,12-14,16,22-23,28,40H,6,9-11,15H2,1-2H3,(H,31,37)(H,32,36)(H,33,38)/t16-,22-,23-,28?/m0/s1. The normalized spacial score (nSPS) is 16.8. The van der Waals surface area contributed by atoms with Crippen molar-refractivity contribution in [1.82, 2.24) is 15.5 Å². The third kappa shape index (κ3) is 8.74. The molecule has 3 rings (SSSR count). The number of carbonyl (C=O) groups is 5. The van der Waals surface area contributed by atoms with E-state index in [4.69, 9.17) is 27.9 Å². The lowest BCUT2D eigenvalue weighted by molar-refractivity contribution is -0.148. The van der Waals surface area contributed by atoms with Crippen molar-refractivity contribution in [3.63, 3.8) is 0 Å². The fourth-order valence-corrected chi connectivity index (χ4v) is 4.98. The van der Waals surface area contributed by atoms with Gasteiger partial charge in [0, 0.05) is 25.5 Å². The van der Waals surface area contributed by atoms with Crippen molar-refractivity contribution in [3.8, 4) is 0 Å². The van der Waals surface area contributed by atoms with E-state index in [1.165, 1.54) is 30.9 Å². The van der Waals surface area contributed by atoms with Crippen LogP contribution in [0.5, 0.6) is 0 Å². The number of carbonyl (C=O) groups excluding carboxylic acids is 5. The van der Waals surface area contributed by atoms with E-state index in [0.717, 1.165) is 5.56 Å². The van der Waals surface area contributed by atoms with Crippen molar-refractivity contribution in [2.24, 2.45) is 0 Å². The zero-order valence-electron chi connectivity index (χ0n) is 22.6. The number of hydrogen-bond donors (Lipinski definition) is 4. The lowest BCUT2D eigenvalue weighted by Crippen LogP contribution is -2.55. The Morgan fingerprint density at radius 3 is 2.39 bits per heavy atom. The van der Waals surface area contributed by atoms with Gasteiger partial charge in [0.15, 0.2) is 6.29 Å². The minimum atomic E-state index is -1.45. The van der Waals surface area contributed by atoms with E-state index >= 15 is 0 Å². The number of aldehydes is 1. The first-order valence-corrected chi connectivity index (χ1v) is 13.7. The molecule has 1 unspecified atom stereocenters. The molecule has 220 valence electrons. The van der Waals surface area contributed by atoms with Crippen LogP contribution >= 0.6 is 23.2 Å². The summed E-state index contributed by atoms with van der Waals surface area (Å²) in [6, 6.07) is 8.84. The van der Waals surface area contributed by atoms with Gasteiger partial charge in [-0.1, -0.05) is 53.5 Å². The summed E-state index contributed by atoms with van der Waals surface area (Å²) >= 11 is 12.3. The molecule has 0 aliphatic carbocycles. The predicted octanol–water partition coefficient (Wildman–Crippen LogP) is 2.67. The van der Waals surface area contributed by atoms with Gasteiger partial charge >= 0.3 is 0 Å². The number of likely N-dealkylation sites (tertiary alicyclic amines) is 1. The molecule has 1 aliphatic heterocycles. The van der Waals surface area contributed by atoms with Gasteiger partial charge in [-0.3, -0.25) is 19.2 Å². The quantitative estimate of drug-likeness (QED) is 0.214. The van der Waals surface area contributed by atoms with Crippen molar-refractivity contribution in [1.29, 1.82) is 0 Å². The minimum absolute atomic E-state index is 0.0490. The summed E-state index contributed by atoms with van der Waals surface area (Å²) < 4.78 is 5.46. The highest BCUT2D eigenvalue weighted by atomic mass is 35.5. The average molecular weight is 607 g/mol. The molecule has 1 heterocycles. The lowest BCUT2D eigenvalue weighted by Gasteiger charge is -2.29. The monoisotopic (exact) mass is 606 g/mol. The molecule has 0 radical (unpaired) electrons. The number of aliphatic hydroxyl groups is 1. The largest absolute Gasteiger partial charge is 0.366 e. The maximum Gasteiger partial charge on any atom is 0.252 e. The Hall–Kier alpha value is -3.51. The van der Waals surface area contributed by atoms with Gasteiger partial charge < -0.3 is 35.5 Å². The van der Waals surface area contributed by atoms with Crippen molar-refractivity contribution < 1.29 is 33.8 Å². The van der Waals surface area contributed by atoms with Crippen LogP contribution in [0.25, 0.3) is 0 Å². The first-order chi connectivity index (χ1) is 19.5. The van der Waals surface area contributed by atoms with Crippen LogP contribution in [-0.2, 0) is 30.5 Å². The zero-order valence-corrected chi connectivity index (χ0v) is 24.1. The number of ether oxygens (including phenoxy) is 1. The molecule has 0 saturated carbocycles. The molecular formula is C28H32Cl2N4O7. The summed E-state index contributed by atoms with van der Waals surface area (Å²) in [6.45, 7) is 3.13. The Balaban J connectivity index is 1.62. The number of halogens is 2. The molecule has 0 aromatic heterocycles. The fraction of sp³-hybridized carbons (Fsp3) is 0.393. The molecule has 4 amide bonds. The third-order valence-electron chi connectivity index (χ3n) is 6.45. The molecule has 0 bridgehead atoms. The van der Waals surface area contributed by atoms with Gasteiger partial charge in [0.25, 0.3) is 5.91 Å². The Labute approximate surface area is 247 Å². The maximum atomic E-state index is 13.2. The Morgan fingerprint density at radius 2 is 1.78 bits per heavy atom. The summed E-state index contributed by atoms with van der Waals surface area (Å²) in [5.74, 6) is -2.05. The Bertz CT molecular complexity index is 1250. The van der Waals surface area contributed by atoms with Crippen molar-refractivity contribution in [2.45, 2.75) is 64.1 Å². The van der Waals surface area contributed by atoms with Gasteiger partial charge in [-0.25, -0.2) is 0 Å². The molecule has 13 heteroatoms. The minimum Gasteiger partial charge on any atom is -0.366 e. The van der Waals surface area contributed by atoms with E-state index in [-0.39, 0.29) is 46.8 Å². The van der Waals surface area contributed by atoms with Crippen LogP contribution in [0.1, 0.15) is 49.0 Å². The maximum absolute atomic E-state index is 13.2. The predicted molar refractivity (Wildman–Crippen MR) is 152 cm³/mol. The van der Waals surface area contributed by atoms with Gasteiger partial charge in [-0.15, -0.1) is 0 Å². The molecule has 4 atom stereocenters. The first-order valence-electron chi connectivity index (χ1n) is 13.0. The van der Waals surface area contributed by atoms with Crippen molar-refractivity contribution in [2.75, 3.05) is 11.9 Å². The number of amides is 4. The third-order valence-corrected chi connectivity index (χ3v) is 7.04. The summed E-state index contributed by atoms with van der Waals surface area (Å²) in [5, 5.41) is 18.3. The van der Waals surface area contributed by atoms with Crippen LogP contribution in [0.2, 0.25) is 10.0 Å². The summed E-state index contributed by atoms with van der Waals surface area (Å²) in [5.41, 5.74) is 1.04. The SMILES string of the molecule is CC(=O)Nc1c(Cl)cc(C(=O)N[C@@H](C)C(=O)N2CCC[C@H]2C(=O)N[C@@H](CC=O)C(O)OCc2ccccc2)cc1Cl. The topological polar surface area (TPSA) is 154 Å². The van der Waals surface area contributed by atoms with Gasteiger partial charge in [0.1, 0.15) is 18.4 Å². The van der Waals surface area contributed by atoms with E-state index < -0.39 is 42.1 Å². The fourth-order valence-electron chi connectivity index (χ4n) is 4.39. The zero-order chi connectivity index (χ0) is 30.1. The van der Waals surface area contributed by atoms with Crippen LogP contribution in [-0.4, -0.2) is 70.9 Å². The van der Waals surface area contributed by atoms with Crippen LogP contribution < -0.4 is 16.0 Å². The number of anilines is 1. The highest BCUT2D eigenvalue weighted by Gasteiger charge is 2.38. The van der Waals surface area contributed by atoms with Crippen molar-refractivity contribution in [3.05, 3.63) is 63.6 Å². The summed E-state index contributed by atoms with van der Waals surface area (Å²) in [6.07, 6.45) is -0.171. The van der Waals surface area contributed by atoms with Crippen LogP contribution in [0.4, 0.5) is 5.69 Å². The smallest absolute Gasteiger partial charge is 0.252 e. The number of hydrogen-bond acceptors (Lipinski definition) is 7. The second-order valence-electron chi connectivity index (χ2n) is 9.59. The molecular weight excluding hydrogens is 575 g/mol. The van der Waals surface area contributed by atoms with Gasteiger partial charge in [0.05, 0.1) is 28.4 Å². The van der Waals surface area contributed by atoms with Crippen LogP contribution in [0.15, 0.2) is 42.5 Å². The molecule has 2 aromatic carbocycles. The molecule has 41 heavy (non-hydrogen) atoms. The second-order valence-corrected chi connectivity index (χ2v) is 10.4. The van der Waals surface area contributed by atoms with Gasteiger partial charge in [0.2, 0.25) is 17.7 Å². The summed E-state index contributed by atoms with van der Waals surface area (Å²) in [4.78, 5) is 63.2. The van der Waals surface area contributed by atoms with E-state index in [1.807, 2.05) is 30.3 Å². The van der Waals surface area contributed by atoms with Gasteiger partial charge in [-0.2, -0.15) is 0 Å². The highest BCUT2D eigenvalue weighted by molar-refractivity contribution is 6.40. The Morgan fingerprint density at radius 1 is 1.12 bits per heavy atom. The molecule has 11 nitrogen and oxygen atoms in total. The number of benzene rings is 2. The van der Waals surface area contributed by atoms with Crippen LogP contribution in [0.3, 0.4) is 0 Å². The Kier molecular flexibility index (Phi) is 11.7. The molecule has 1 saturated heterocycles. The van der Waals surface area contributed by atoms with E-state index in [1.54, 1.807) is 0 Å². The summed E-state index contributed by atoms with van der Waals surface area (Å²) in [7, 11) is 0. The highest BCUT2D eigenvalue weighted by Crippen LogP contribution is 2.32. The van der Waals surface area contributed by atoms with E-state index in [9.17, 15) is 29.1 Å². The number of rotatable bonds is 12. The average Bonchev–Trinajstić information content (AvgIpc) is 3.43. The number of nitrogens with one attached hydrogen (secondary N) is 3. The van der Waals surface area contributed by atoms with Crippen LogP contribution in [0, 0.1) is 0 Å². The lowest BCUT2D eigenvalue weighted by atomic mass is 10.1. The second kappa shape index (κ2) is 14.9. The van der Waals surface area contributed by atoms with E-state index in [0.29, 0.717) is 19.1 Å². The molecule has 4 N–H and O–H groups in total.